The van der Waals surface area contributed by atoms with Crippen LogP contribution in [-0.2, 0) is 17.9 Å². The molecule has 6 heteroatoms. The van der Waals surface area contributed by atoms with E-state index in [1.54, 1.807) is 6.20 Å². The molecule has 0 radical (unpaired) electrons. The molecular weight excluding hydrogens is 396 g/mol. The zero-order chi connectivity index (χ0) is 20.1. The third-order valence-corrected chi connectivity index (χ3v) is 5.94. The van der Waals surface area contributed by atoms with Gasteiger partial charge in [-0.15, -0.1) is 12.4 Å². The lowest BCUT2D eigenvalue weighted by molar-refractivity contribution is -0.126. The summed E-state index contributed by atoms with van der Waals surface area (Å²) in [6.07, 6.45) is 6.87. The zero-order valence-electron chi connectivity index (χ0n) is 17.0. The lowest BCUT2D eigenvalue weighted by Crippen LogP contribution is -2.34. The van der Waals surface area contributed by atoms with E-state index in [0.29, 0.717) is 19.0 Å². The van der Waals surface area contributed by atoms with Crippen LogP contribution in [0.1, 0.15) is 30.4 Å². The van der Waals surface area contributed by atoms with Crippen molar-refractivity contribution >= 4 is 18.3 Å². The first kappa shape index (κ1) is 22.1. The number of nitrogens with two attached hydrogens (primary N) is 1. The van der Waals surface area contributed by atoms with Crippen LogP contribution in [-0.4, -0.2) is 22.2 Å². The van der Waals surface area contributed by atoms with Gasteiger partial charge in [0, 0.05) is 24.9 Å². The molecule has 1 aromatic heterocycles. The van der Waals surface area contributed by atoms with E-state index in [0.717, 1.165) is 42.5 Å². The Morgan fingerprint density at radius 1 is 1.10 bits per heavy atom. The Morgan fingerprint density at radius 3 is 2.63 bits per heavy atom. The van der Waals surface area contributed by atoms with Crippen molar-refractivity contribution < 1.29 is 4.79 Å². The van der Waals surface area contributed by atoms with Crippen LogP contribution < -0.4 is 11.1 Å². The molecule has 2 atom stereocenters. The molecule has 4 rings (SSSR count). The Morgan fingerprint density at radius 2 is 1.90 bits per heavy atom. The summed E-state index contributed by atoms with van der Waals surface area (Å²) in [6.45, 7) is 1.89. The highest BCUT2D eigenvalue weighted by Crippen LogP contribution is 2.31. The minimum Gasteiger partial charge on any atom is -0.352 e. The first-order valence-corrected chi connectivity index (χ1v) is 10.4. The second-order valence-corrected chi connectivity index (χ2v) is 7.81. The van der Waals surface area contributed by atoms with Crippen molar-refractivity contribution in [2.75, 3.05) is 6.54 Å². The van der Waals surface area contributed by atoms with Gasteiger partial charge in [0.2, 0.25) is 5.91 Å². The Labute approximate surface area is 184 Å². The number of nitrogens with zero attached hydrogens (tertiary/aromatic N) is 2. The summed E-state index contributed by atoms with van der Waals surface area (Å²) >= 11 is 0. The highest BCUT2D eigenvalue weighted by molar-refractivity contribution is 5.85. The number of carbonyl (C=O) groups excluding carboxylic acids is 1. The van der Waals surface area contributed by atoms with Crippen LogP contribution in [0.15, 0.2) is 67.0 Å². The van der Waals surface area contributed by atoms with Crippen LogP contribution in [0, 0.1) is 11.8 Å². The van der Waals surface area contributed by atoms with Gasteiger partial charge in [0.05, 0.1) is 6.54 Å². The molecule has 1 fully saturated rings. The normalized spacial score (nSPS) is 18.0. The van der Waals surface area contributed by atoms with Crippen molar-refractivity contribution in [1.82, 2.24) is 15.1 Å². The maximum absolute atomic E-state index is 12.7. The van der Waals surface area contributed by atoms with Gasteiger partial charge in [0.25, 0.3) is 0 Å². The van der Waals surface area contributed by atoms with Gasteiger partial charge in [-0.1, -0.05) is 55.0 Å². The van der Waals surface area contributed by atoms with E-state index in [1.807, 2.05) is 29.1 Å². The molecule has 1 aliphatic rings. The number of carbonyl (C=O) groups is 1. The number of nitrogens with one attached hydrogen (secondary N) is 1. The van der Waals surface area contributed by atoms with E-state index in [9.17, 15) is 4.79 Å². The summed E-state index contributed by atoms with van der Waals surface area (Å²) in [6, 6.07) is 18.7. The molecule has 5 nitrogen and oxygen atoms in total. The summed E-state index contributed by atoms with van der Waals surface area (Å²) in [5, 5.41) is 7.41. The second kappa shape index (κ2) is 10.4. The van der Waals surface area contributed by atoms with Crippen LogP contribution >= 0.6 is 12.4 Å². The van der Waals surface area contributed by atoms with Gasteiger partial charge in [-0.2, -0.15) is 5.10 Å². The van der Waals surface area contributed by atoms with Gasteiger partial charge in [-0.25, -0.2) is 0 Å². The largest absolute Gasteiger partial charge is 0.352 e. The lowest BCUT2D eigenvalue weighted by Gasteiger charge is -2.18. The standard InChI is InChI=1S/C24H28N4O.ClH/c25-15-20-6-3-8-23(20)24(29)26-16-21-5-1-2-7-22(21)19-11-9-18(10-12-19)17-28-14-4-13-27-28;/h1-2,4-5,7,9-14,20,23H,3,6,8,15-17,25H2,(H,26,29);1H/t20-,23-;/m1./s1. The lowest BCUT2D eigenvalue weighted by atomic mass is 9.95. The van der Waals surface area contributed by atoms with Gasteiger partial charge < -0.3 is 11.1 Å². The maximum Gasteiger partial charge on any atom is 0.223 e. The van der Waals surface area contributed by atoms with Crippen molar-refractivity contribution in [1.29, 1.82) is 0 Å². The number of hydrogen-bond donors (Lipinski definition) is 2. The molecule has 1 aliphatic carbocycles. The van der Waals surface area contributed by atoms with E-state index in [4.69, 9.17) is 5.73 Å². The van der Waals surface area contributed by atoms with Gasteiger partial charge in [-0.05, 0) is 53.6 Å². The summed E-state index contributed by atoms with van der Waals surface area (Å²) in [7, 11) is 0. The molecule has 0 aliphatic heterocycles. The summed E-state index contributed by atoms with van der Waals surface area (Å²) in [5.74, 6) is 0.531. The van der Waals surface area contributed by atoms with E-state index >= 15 is 0 Å². The predicted molar refractivity (Wildman–Crippen MR) is 122 cm³/mol. The summed E-state index contributed by atoms with van der Waals surface area (Å²) < 4.78 is 1.91. The molecule has 1 amide bonds. The SMILES string of the molecule is Cl.NC[C@H]1CCC[C@H]1C(=O)NCc1ccccc1-c1ccc(Cn2cccn2)cc1. The molecule has 30 heavy (non-hydrogen) atoms. The quantitative estimate of drug-likeness (QED) is 0.601. The van der Waals surface area contributed by atoms with E-state index in [1.165, 1.54) is 5.56 Å². The Balaban J connectivity index is 0.00000256. The molecule has 3 N–H and O–H groups in total. The smallest absolute Gasteiger partial charge is 0.223 e. The third-order valence-electron chi connectivity index (χ3n) is 5.94. The van der Waals surface area contributed by atoms with Gasteiger partial charge in [0.15, 0.2) is 0 Å². The number of halogens is 1. The third kappa shape index (κ3) is 5.10. The van der Waals surface area contributed by atoms with E-state index in [-0.39, 0.29) is 24.2 Å². The monoisotopic (exact) mass is 424 g/mol. The van der Waals surface area contributed by atoms with Crippen molar-refractivity contribution in [3.8, 4) is 11.1 Å². The van der Waals surface area contributed by atoms with E-state index < -0.39 is 0 Å². The first-order valence-electron chi connectivity index (χ1n) is 10.4. The average molecular weight is 425 g/mol. The molecule has 2 aromatic carbocycles. The van der Waals surface area contributed by atoms with Gasteiger partial charge >= 0.3 is 0 Å². The summed E-state index contributed by atoms with van der Waals surface area (Å²) in [5.41, 5.74) is 10.5. The van der Waals surface area contributed by atoms with Crippen molar-refractivity contribution in [2.45, 2.75) is 32.4 Å². The van der Waals surface area contributed by atoms with Crippen LogP contribution in [0.3, 0.4) is 0 Å². The minimum atomic E-state index is 0. The average Bonchev–Trinajstić information content (AvgIpc) is 3.44. The number of benzene rings is 2. The molecule has 1 heterocycles. The van der Waals surface area contributed by atoms with Crippen molar-refractivity contribution in [3.05, 3.63) is 78.1 Å². The van der Waals surface area contributed by atoms with Crippen LogP contribution in [0.2, 0.25) is 0 Å². The Hall–Kier alpha value is -2.63. The minimum absolute atomic E-state index is 0. The fourth-order valence-electron chi connectivity index (χ4n) is 4.30. The summed E-state index contributed by atoms with van der Waals surface area (Å²) in [4.78, 5) is 12.7. The second-order valence-electron chi connectivity index (χ2n) is 7.81. The van der Waals surface area contributed by atoms with Gasteiger partial charge in [-0.3, -0.25) is 9.48 Å². The van der Waals surface area contributed by atoms with E-state index in [2.05, 4.69) is 46.8 Å². The first-order chi connectivity index (χ1) is 14.2. The molecule has 0 spiro atoms. The highest BCUT2D eigenvalue weighted by Gasteiger charge is 2.31. The number of hydrogen-bond acceptors (Lipinski definition) is 3. The Bertz CT molecular complexity index is 940. The predicted octanol–water partition coefficient (Wildman–Crippen LogP) is 4.01. The number of aromatic nitrogens is 2. The van der Waals surface area contributed by atoms with Crippen LogP contribution in [0.4, 0.5) is 0 Å². The molecule has 0 saturated heterocycles. The maximum atomic E-state index is 12.7. The Kier molecular flexibility index (Phi) is 7.66. The highest BCUT2D eigenvalue weighted by atomic mass is 35.5. The zero-order valence-corrected chi connectivity index (χ0v) is 17.9. The van der Waals surface area contributed by atoms with Gasteiger partial charge in [0.1, 0.15) is 0 Å². The molecule has 0 bridgehead atoms. The number of amides is 1. The fourth-order valence-corrected chi connectivity index (χ4v) is 4.30. The topological polar surface area (TPSA) is 72.9 Å². The molecule has 158 valence electrons. The fraction of sp³-hybridized carbons (Fsp3) is 0.333. The molecule has 1 saturated carbocycles. The van der Waals surface area contributed by atoms with Crippen LogP contribution in [0.5, 0.6) is 0 Å². The number of rotatable bonds is 7. The van der Waals surface area contributed by atoms with Crippen molar-refractivity contribution in [2.24, 2.45) is 17.6 Å². The van der Waals surface area contributed by atoms with Crippen LogP contribution in [0.25, 0.3) is 11.1 Å². The van der Waals surface area contributed by atoms with Crippen molar-refractivity contribution in [3.63, 3.8) is 0 Å². The molecule has 3 aromatic rings. The molecule has 0 unspecified atom stereocenters. The molecular formula is C24H29ClN4O.